The third-order valence-electron chi connectivity index (χ3n) is 5.16. The van der Waals surface area contributed by atoms with Gasteiger partial charge in [-0.25, -0.2) is 9.97 Å². The van der Waals surface area contributed by atoms with Crippen molar-refractivity contribution >= 4 is 17.4 Å². The number of likely N-dealkylation sites (tertiary alicyclic amines) is 1. The molecule has 7 nitrogen and oxygen atoms in total. The molecule has 7 heteroatoms. The highest BCUT2D eigenvalue weighted by Gasteiger charge is 2.41. The summed E-state index contributed by atoms with van der Waals surface area (Å²) in [6.07, 6.45) is 2.85. The van der Waals surface area contributed by atoms with Crippen molar-refractivity contribution in [1.29, 1.82) is 0 Å². The van der Waals surface area contributed by atoms with Crippen LogP contribution < -0.4 is 4.90 Å². The quantitative estimate of drug-likeness (QED) is 0.826. The van der Waals surface area contributed by atoms with Crippen LogP contribution in [0, 0.1) is 0 Å². The van der Waals surface area contributed by atoms with Gasteiger partial charge in [-0.1, -0.05) is 18.2 Å². The molecule has 0 radical (unpaired) electrons. The number of rotatable bonds is 4. The smallest absolute Gasteiger partial charge is 0.272 e. The summed E-state index contributed by atoms with van der Waals surface area (Å²) in [7, 11) is 0. The molecule has 4 rings (SSSR count). The Morgan fingerprint density at radius 2 is 1.85 bits per heavy atom. The zero-order valence-electron chi connectivity index (χ0n) is 15.5. The van der Waals surface area contributed by atoms with Gasteiger partial charge in [0.05, 0.1) is 13.2 Å². The summed E-state index contributed by atoms with van der Waals surface area (Å²) in [5.74, 6) is 0.161. The molecule has 3 heterocycles. The number of ether oxygens (including phenoxy) is 2. The maximum absolute atomic E-state index is 12.9. The lowest BCUT2D eigenvalue weighted by molar-refractivity contribution is -0.181. The lowest BCUT2D eigenvalue weighted by Crippen LogP contribution is -2.47. The van der Waals surface area contributed by atoms with Crippen molar-refractivity contribution in [2.45, 2.75) is 25.6 Å². The summed E-state index contributed by atoms with van der Waals surface area (Å²) >= 11 is 0. The van der Waals surface area contributed by atoms with Crippen LogP contribution in [0.5, 0.6) is 0 Å². The fourth-order valence-electron chi connectivity index (χ4n) is 3.69. The lowest BCUT2D eigenvalue weighted by Gasteiger charge is -2.37. The second-order valence-corrected chi connectivity index (χ2v) is 6.74. The van der Waals surface area contributed by atoms with Crippen LogP contribution in [0.15, 0.2) is 42.7 Å². The molecule has 1 aromatic heterocycles. The molecule has 142 valence electrons. The molecule has 1 spiro atoms. The summed E-state index contributed by atoms with van der Waals surface area (Å²) in [5.41, 5.74) is 1.45. The van der Waals surface area contributed by atoms with Gasteiger partial charge in [0.25, 0.3) is 5.91 Å². The van der Waals surface area contributed by atoms with E-state index in [1.54, 1.807) is 6.07 Å². The molecule has 0 unspecified atom stereocenters. The Balaban J connectivity index is 1.49. The fourth-order valence-corrected chi connectivity index (χ4v) is 3.69. The predicted octanol–water partition coefficient (Wildman–Crippen LogP) is 2.61. The van der Waals surface area contributed by atoms with Crippen LogP contribution in [0.25, 0.3) is 0 Å². The van der Waals surface area contributed by atoms with Crippen molar-refractivity contribution in [3.63, 3.8) is 0 Å². The molecule has 2 saturated heterocycles. The maximum atomic E-state index is 12.9. The van der Waals surface area contributed by atoms with E-state index in [9.17, 15) is 4.79 Å². The Morgan fingerprint density at radius 1 is 1.15 bits per heavy atom. The van der Waals surface area contributed by atoms with Gasteiger partial charge < -0.3 is 19.3 Å². The number of piperidine rings is 1. The van der Waals surface area contributed by atoms with Crippen molar-refractivity contribution in [2.75, 3.05) is 37.7 Å². The molecule has 2 fully saturated rings. The molecule has 1 amide bonds. The monoisotopic (exact) mass is 368 g/mol. The number of hydrogen-bond donors (Lipinski definition) is 0. The van der Waals surface area contributed by atoms with Crippen molar-refractivity contribution in [1.82, 2.24) is 14.9 Å². The van der Waals surface area contributed by atoms with Crippen molar-refractivity contribution in [3.05, 3.63) is 48.4 Å². The Hall–Kier alpha value is -2.51. The van der Waals surface area contributed by atoms with Crippen LogP contribution >= 0.6 is 0 Å². The zero-order valence-corrected chi connectivity index (χ0v) is 15.5. The number of hydrogen-bond acceptors (Lipinski definition) is 6. The van der Waals surface area contributed by atoms with E-state index in [4.69, 9.17) is 9.47 Å². The minimum absolute atomic E-state index is 0.0735. The van der Waals surface area contributed by atoms with E-state index in [1.165, 1.54) is 6.33 Å². The summed E-state index contributed by atoms with van der Waals surface area (Å²) in [5, 5.41) is 0. The first-order chi connectivity index (χ1) is 13.2. The number of aromatic nitrogens is 2. The largest absolute Gasteiger partial charge is 0.347 e. The highest BCUT2D eigenvalue weighted by Crippen LogP contribution is 2.32. The second kappa shape index (κ2) is 7.62. The zero-order chi connectivity index (χ0) is 18.7. The molecule has 0 saturated carbocycles. The van der Waals surface area contributed by atoms with Gasteiger partial charge in [-0.05, 0) is 19.1 Å². The van der Waals surface area contributed by atoms with Gasteiger partial charge in [0.2, 0.25) is 0 Å². The summed E-state index contributed by atoms with van der Waals surface area (Å²) in [4.78, 5) is 25.4. The molecule has 0 atom stereocenters. The number of amides is 1. The van der Waals surface area contributed by atoms with Crippen LogP contribution in [0.2, 0.25) is 0 Å². The van der Waals surface area contributed by atoms with Crippen LogP contribution in [-0.2, 0) is 9.47 Å². The third kappa shape index (κ3) is 3.65. The minimum atomic E-state index is -0.486. The van der Waals surface area contributed by atoms with Crippen LogP contribution in [0.1, 0.15) is 30.3 Å². The number of para-hydroxylation sites is 1. The number of carbonyl (C=O) groups excluding carboxylic acids is 1. The Bertz CT molecular complexity index is 783. The molecular weight excluding hydrogens is 344 g/mol. The number of nitrogens with zero attached hydrogens (tertiary/aromatic N) is 4. The van der Waals surface area contributed by atoms with E-state index in [2.05, 4.69) is 21.8 Å². The molecular formula is C20H24N4O3. The Morgan fingerprint density at radius 3 is 2.52 bits per heavy atom. The normalized spacial score (nSPS) is 18.6. The highest BCUT2D eigenvalue weighted by atomic mass is 16.7. The van der Waals surface area contributed by atoms with E-state index < -0.39 is 5.79 Å². The van der Waals surface area contributed by atoms with Gasteiger partial charge >= 0.3 is 0 Å². The average molecular weight is 368 g/mol. The van der Waals surface area contributed by atoms with Gasteiger partial charge in [-0.15, -0.1) is 0 Å². The maximum Gasteiger partial charge on any atom is 0.272 e. The fraction of sp³-hybridized carbons (Fsp3) is 0.450. The van der Waals surface area contributed by atoms with Gasteiger partial charge in [-0.3, -0.25) is 4.79 Å². The molecule has 0 N–H and O–H groups in total. The standard InChI is InChI=1S/C20H24N4O3/c1-2-24(16-6-4-3-5-7-16)18-14-17(21-15-22-18)19(25)23-10-8-20(9-11-23)26-12-13-27-20/h3-7,14-15H,2,8-13H2,1H3. The first kappa shape index (κ1) is 17.9. The first-order valence-electron chi connectivity index (χ1n) is 9.43. The summed E-state index contributed by atoms with van der Waals surface area (Å²) in [6.45, 7) is 5.28. The van der Waals surface area contributed by atoms with Crippen molar-refractivity contribution in [3.8, 4) is 0 Å². The number of carbonyl (C=O) groups is 1. The third-order valence-corrected chi connectivity index (χ3v) is 5.16. The minimum Gasteiger partial charge on any atom is -0.347 e. The van der Waals surface area contributed by atoms with Crippen LogP contribution in [0.3, 0.4) is 0 Å². The average Bonchev–Trinajstić information content (AvgIpc) is 3.18. The van der Waals surface area contributed by atoms with E-state index in [0.717, 1.165) is 18.1 Å². The Kier molecular flexibility index (Phi) is 5.05. The van der Waals surface area contributed by atoms with Crippen molar-refractivity contribution < 1.29 is 14.3 Å². The van der Waals surface area contributed by atoms with E-state index in [-0.39, 0.29) is 5.91 Å². The molecule has 2 aliphatic rings. The molecule has 0 bridgehead atoms. The number of anilines is 2. The molecule has 27 heavy (non-hydrogen) atoms. The Labute approximate surface area is 158 Å². The molecule has 1 aromatic carbocycles. The van der Waals surface area contributed by atoms with Gasteiger partial charge in [0, 0.05) is 44.2 Å². The van der Waals surface area contributed by atoms with Crippen LogP contribution in [-0.4, -0.2) is 59.4 Å². The molecule has 2 aliphatic heterocycles. The van der Waals surface area contributed by atoms with Crippen LogP contribution in [0.4, 0.5) is 11.5 Å². The second-order valence-electron chi connectivity index (χ2n) is 6.74. The van der Waals surface area contributed by atoms with E-state index >= 15 is 0 Å². The van der Waals surface area contributed by atoms with Gasteiger partial charge in [0.1, 0.15) is 17.8 Å². The van der Waals surface area contributed by atoms with Gasteiger partial charge in [0.15, 0.2) is 5.79 Å². The van der Waals surface area contributed by atoms with Gasteiger partial charge in [-0.2, -0.15) is 0 Å². The summed E-state index contributed by atoms with van der Waals surface area (Å²) in [6, 6.07) is 11.8. The SMILES string of the molecule is CCN(c1ccccc1)c1cc(C(=O)N2CCC3(CC2)OCCO3)ncn1. The molecule has 0 aliphatic carbocycles. The van der Waals surface area contributed by atoms with E-state index in [1.807, 2.05) is 35.2 Å². The number of benzene rings is 1. The molecule has 2 aromatic rings. The highest BCUT2D eigenvalue weighted by molar-refractivity contribution is 5.93. The van der Waals surface area contributed by atoms with Crippen molar-refractivity contribution in [2.24, 2.45) is 0 Å². The summed E-state index contributed by atoms with van der Waals surface area (Å²) < 4.78 is 11.5. The lowest BCUT2D eigenvalue weighted by atomic mass is 10.0. The van der Waals surface area contributed by atoms with E-state index in [0.29, 0.717) is 44.8 Å². The topological polar surface area (TPSA) is 67.8 Å². The first-order valence-corrected chi connectivity index (χ1v) is 9.43. The predicted molar refractivity (Wildman–Crippen MR) is 101 cm³/mol.